The predicted molar refractivity (Wildman–Crippen MR) is 106 cm³/mol. The number of nitrogens with zero attached hydrogens (tertiary/aromatic N) is 4. The Balaban J connectivity index is 1.53. The van der Waals surface area contributed by atoms with E-state index >= 15 is 0 Å². The van der Waals surface area contributed by atoms with Gasteiger partial charge in [-0.2, -0.15) is 0 Å². The van der Waals surface area contributed by atoms with Gasteiger partial charge < -0.3 is 19.2 Å². The van der Waals surface area contributed by atoms with E-state index in [0.717, 1.165) is 0 Å². The van der Waals surface area contributed by atoms with Crippen molar-refractivity contribution in [3.05, 3.63) is 42.7 Å². The van der Waals surface area contributed by atoms with Crippen LogP contribution in [0.1, 0.15) is 13.3 Å². The Bertz CT molecular complexity index is 1010. The molecule has 1 aliphatic heterocycles. The van der Waals surface area contributed by atoms with Gasteiger partial charge in [0.2, 0.25) is 11.8 Å². The number of hydrogen-bond donors (Lipinski definition) is 1. The Kier molecular flexibility index (Phi) is 4.91. The number of carbonyl (C=O) groups excluding carboxylic acids is 2. The molecule has 9 heteroatoms. The summed E-state index contributed by atoms with van der Waals surface area (Å²) in [7, 11) is 1.83. The molecule has 8 nitrogen and oxygen atoms in total. The number of benzene rings is 1. The number of carbonyl (C=O) groups is 2. The van der Waals surface area contributed by atoms with Gasteiger partial charge in [0.05, 0.1) is 23.4 Å². The quantitative estimate of drug-likeness (QED) is 0.681. The molecule has 0 unspecified atom stereocenters. The van der Waals surface area contributed by atoms with Gasteiger partial charge in [0.25, 0.3) is 0 Å². The Morgan fingerprint density at radius 1 is 1.29 bits per heavy atom. The Labute approximate surface area is 165 Å². The van der Waals surface area contributed by atoms with E-state index in [2.05, 4.69) is 15.5 Å². The average Bonchev–Trinajstić information content (AvgIpc) is 3.28. The Morgan fingerprint density at radius 2 is 2.11 bits per heavy atom. The summed E-state index contributed by atoms with van der Waals surface area (Å²) < 4.78 is 7.16. The molecule has 3 heterocycles. The molecule has 0 fully saturated rings. The molecular weight excluding hydrogens is 378 g/mol. The first-order valence-corrected chi connectivity index (χ1v) is 9.80. The van der Waals surface area contributed by atoms with Gasteiger partial charge in [-0.3, -0.25) is 9.59 Å². The molecule has 4 rings (SSSR count). The number of anilines is 2. The van der Waals surface area contributed by atoms with Crippen LogP contribution in [0, 0.1) is 0 Å². The van der Waals surface area contributed by atoms with Gasteiger partial charge in [0.15, 0.2) is 16.7 Å². The van der Waals surface area contributed by atoms with Crippen molar-refractivity contribution in [1.82, 2.24) is 14.8 Å². The zero-order chi connectivity index (χ0) is 19.7. The third kappa shape index (κ3) is 3.40. The van der Waals surface area contributed by atoms with Crippen molar-refractivity contribution >= 4 is 35.0 Å². The number of para-hydroxylation sites is 2. The van der Waals surface area contributed by atoms with Crippen LogP contribution in [0.3, 0.4) is 0 Å². The number of rotatable bonds is 4. The number of fused-ring (bicyclic) bond motifs is 1. The lowest BCUT2D eigenvalue weighted by Gasteiger charge is -2.27. The van der Waals surface area contributed by atoms with Crippen LogP contribution in [0.2, 0.25) is 0 Å². The molecule has 0 bridgehead atoms. The van der Waals surface area contributed by atoms with Gasteiger partial charge in [-0.25, -0.2) is 0 Å². The molecule has 1 N–H and O–H groups in total. The summed E-state index contributed by atoms with van der Waals surface area (Å²) in [5.41, 5.74) is 1.36. The SMILES string of the molecule is C[C@@H]1CC(=O)Nc2ccccc2N1C(=O)CSc1nnc(-c2ccco2)n1C. The second-order valence-corrected chi connectivity index (χ2v) is 7.46. The smallest absolute Gasteiger partial charge is 0.237 e. The highest BCUT2D eigenvalue weighted by Gasteiger charge is 2.29. The summed E-state index contributed by atoms with van der Waals surface area (Å²) in [4.78, 5) is 26.8. The molecule has 0 spiro atoms. The van der Waals surface area contributed by atoms with Gasteiger partial charge >= 0.3 is 0 Å². The van der Waals surface area contributed by atoms with Crippen molar-refractivity contribution in [2.24, 2.45) is 7.05 Å². The summed E-state index contributed by atoms with van der Waals surface area (Å²) >= 11 is 1.30. The van der Waals surface area contributed by atoms with E-state index in [-0.39, 0.29) is 30.0 Å². The van der Waals surface area contributed by atoms with Crippen LogP contribution < -0.4 is 10.2 Å². The minimum absolute atomic E-state index is 0.0935. The topological polar surface area (TPSA) is 93.3 Å². The highest BCUT2D eigenvalue weighted by atomic mass is 32.2. The van der Waals surface area contributed by atoms with Crippen LogP contribution in [-0.4, -0.2) is 38.4 Å². The monoisotopic (exact) mass is 397 g/mol. The normalized spacial score (nSPS) is 16.4. The van der Waals surface area contributed by atoms with Crippen LogP contribution in [0.15, 0.2) is 52.2 Å². The molecule has 28 heavy (non-hydrogen) atoms. The molecule has 0 aliphatic carbocycles. The molecule has 144 valence electrons. The number of amides is 2. The molecule has 3 aromatic rings. The van der Waals surface area contributed by atoms with E-state index in [4.69, 9.17) is 4.42 Å². The zero-order valence-electron chi connectivity index (χ0n) is 15.5. The molecule has 0 saturated carbocycles. The number of nitrogens with one attached hydrogen (secondary N) is 1. The second kappa shape index (κ2) is 7.51. The van der Waals surface area contributed by atoms with E-state index in [0.29, 0.717) is 28.1 Å². The maximum absolute atomic E-state index is 13.0. The van der Waals surface area contributed by atoms with E-state index in [9.17, 15) is 9.59 Å². The van der Waals surface area contributed by atoms with Crippen LogP contribution in [0.4, 0.5) is 11.4 Å². The van der Waals surface area contributed by atoms with Crippen molar-refractivity contribution < 1.29 is 14.0 Å². The third-order valence-corrected chi connectivity index (χ3v) is 5.53. The minimum atomic E-state index is -0.241. The lowest BCUT2D eigenvalue weighted by Crippen LogP contribution is -2.40. The number of hydrogen-bond acceptors (Lipinski definition) is 6. The van der Waals surface area contributed by atoms with Crippen molar-refractivity contribution in [2.75, 3.05) is 16.0 Å². The molecule has 2 amide bonds. The van der Waals surface area contributed by atoms with Crippen LogP contribution in [-0.2, 0) is 16.6 Å². The standard InChI is InChI=1S/C19H19N5O3S/c1-12-10-16(25)20-13-6-3-4-7-14(13)24(12)17(26)11-28-19-22-21-18(23(19)2)15-8-5-9-27-15/h3-9,12H,10-11H2,1-2H3,(H,20,25)/t12-/m1/s1. The summed E-state index contributed by atoms with van der Waals surface area (Å²) in [5, 5.41) is 11.8. The van der Waals surface area contributed by atoms with E-state index in [1.165, 1.54) is 11.8 Å². The molecule has 1 aliphatic rings. The fourth-order valence-electron chi connectivity index (χ4n) is 3.22. The fourth-order valence-corrected chi connectivity index (χ4v) is 3.99. The molecule has 0 saturated heterocycles. The third-order valence-electron chi connectivity index (χ3n) is 4.53. The second-order valence-electron chi connectivity index (χ2n) is 6.51. The first kappa shape index (κ1) is 18.3. The molecular formula is C19H19N5O3S. The lowest BCUT2D eigenvalue weighted by atomic mass is 10.2. The van der Waals surface area contributed by atoms with E-state index in [1.54, 1.807) is 27.9 Å². The van der Waals surface area contributed by atoms with E-state index in [1.807, 2.05) is 38.2 Å². The summed E-state index contributed by atoms with van der Waals surface area (Å²) in [6, 6.07) is 10.7. The first-order valence-electron chi connectivity index (χ1n) is 8.81. The largest absolute Gasteiger partial charge is 0.461 e. The van der Waals surface area contributed by atoms with Gasteiger partial charge in [-0.05, 0) is 31.2 Å². The minimum Gasteiger partial charge on any atom is -0.461 e. The predicted octanol–water partition coefficient (Wildman–Crippen LogP) is 2.93. The first-order chi connectivity index (χ1) is 13.5. The van der Waals surface area contributed by atoms with Gasteiger partial charge in [0.1, 0.15) is 0 Å². The highest BCUT2D eigenvalue weighted by Crippen LogP contribution is 2.32. The number of furan rings is 1. The maximum atomic E-state index is 13.0. The summed E-state index contributed by atoms with van der Waals surface area (Å²) in [6.45, 7) is 1.88. The van der Waals surface area contributed by atoms with Crippen LogP contribution >= 0.6 is 11.8 Å². The highest BCUT2D eigenvalue weighted by molar-refractivity contribution is 7.99. The van der Waals surface area contributed by atoms with E-state index < -0.39 is 0 Å². The molecule has 1 aromatic carbocycles. The van der Waals surface area contributed by atoms with Gasteiger partial charge in [-0.15, -0.1) is 10.2 Å². The molecule has 1 atom stereocenters. The molecule has 2 aromatic heterocycles. The van der Waals surface area contributed by atoms with Crippen LogP contribution in [0.5, 0.6) is 0 Å². The zero-order valence-corrected chi connectivity index (χ0v) is 16.3. The Morgan fingerprint density at radius 3 is 2.89 bits per heavy atom. The number of thioether (sulfide) groups is 1. The van der Waals surface area contributed by atoms with Gasteiger partial charge in [0, 0.05) is 19.5 Å². The number of aromatic nitrogens is 3. The average molecular weight is 397 g/mol. The maximum Gasteiger partial charge on any atom is 0.237 e. The summed E-state index contributed by atoms with van der Waals surface area (Å²) in [5.74, 6) is 1.20. The van der Waals surface area contributed by atoms with Gasteiger partial charge in [-0.1, -0.05) is 23.9 Å². The summed E-state index contributed by atoms with van der Waals surface area (Å²) in [6.07, 6.45) is 1.82. The van der Waals surface area contributed by atoms with Crippen molar-refractivity contribution in [2.45, 2.75) is 24.5 Å². The molecule has 0 radical (unpaired) electrons. The van der Waals surface area contributed by atoms with Crippen molar-refractivity contribution in [3.63, 3.8) is 0 Å². The Hall–Kier alpha value is -3.07. The van der Waals surface area contributed by atoms with Crippen molar-refractivity contribution in [1.29, 1.82) is 0 Å². The van der Waals surface area contributed by atoms with Crippen LogP contribution in [0.25, 0.3) is 11.6 Å². The fraction of sp³-hybridized carbons (Fsp3) is 0.263. The van der Waals surface area contributed by atoms with Crippen molar-refractivity contribution in [3.8, 4) is 11.6 Å². The lowest BCUT2D eigenvalue weighted by molar-refractivity contribution is -0.117.